The summed E-state index contributed by atoms with van der Waals surface area (Å²) in [5.74, 6) is 0.418. The molecule has 1 saturated heterocycles. The highest BCUT2D eigenvalue weighted by molar-refractivity contribution is 6.23. The van der Waals surface area contributed by atoms with Crippen LogP contribution in [0.15, 0.2) is 20.1 Å². The second-order valence-electron chi connectivity index (χ2n) is 4.60. The number of fused-ring (bicyclic) bond motifs is 1. The van der Waals surface area contributed by atoms with Crippen molar-refractivity contribution in [3.05, 3.63) is 0 Å². The lowest BCUT2D eigenvalue weighted by Crippen LogP contribution is -2.46. The van der Waals surface area contributed by atoms with E-state index in [1.54, 1.807) is 4.90 Å². The zero-order valence-corrected chi connectivity index (χ0v) is 10.4. The van der Waals surface area contributed by atoms with Gasteiger partial charge in [-0.15, -0.1) is 0 Å². The number of rotatable bonds is 2. The van der Waals surface area contributed by atoms with Crippen LogP contribution in [0.4, 0.5) is 0 Å². The summed E-state index contributed by atoms with van der Waals surface area (Å²) < 4.78 is 5.53. The molecule has 10 nitrogen and oxygen atoms in total. The Morgan fingerprint density at radius 2 is 2.30 bits per heavy atom. The molecule has 0 spiro atoms. The zero-order chi connectivity index (χ0) is 14.3. The van der Waals surface area contributed by atoms with Crippen LogP contribution in [-0.2, 0) is 4.74 Å². The number of nitrogens with two attached hydrogens (primary N) is 1. The van der Waals surface area contributed by atoms with Gasteiger partial charge < -0.3 is 25.9 Å². The smallest absolute Gasteiger partial charge is 0.289 e. The van der Waals surface area contributed by atoms with E-state index in [9.17, 15) is 5.11 Å². The number of guanidine groups is 1. The predicted octanol–water partition coefficient (Wildman–Crippen LogP) is -2.32. The van der Waals surface area contributed by atoms with Crippen molar-refractivity contribution in [3.63, 3.8) is 0 Å². The summed E-state index contributed by atoms with van der Waals surface area (Å²) in [5.41, 5.74) is 5.73. The molecule has 0 aromatic carbocycles. The molecule has 3 aliphatic heterocycles. The van der Waals surface area contributed by atoms with E-state index in [1.165, 1.54) is 6.34 Å². The van der Waals surface area contributed by atoms with E-state index in [0.29, 0.717) is 12.3 Å². The molecule has 3 rings (SSSR count). The van der Waals surface area contributed by atoms with E-state index in [-0.39, 0.29) is 18.4 Å². The second-order valence-corrected chi connectivity index (χ2v) is 4.60. The number of aliphatic hydroxyl groups is 2. The summed E-state index contributed by atoms with van der Waals surface area (Å²) in [6, 6.07) is -0.547. The van der Waals surface area contributed by atoms with Gasteiger partial charge in [-0.05, 0) is 5.16 Å². The van der Waals surface area contributed by atoms with Crippen molar-refractivity contribution < 1.29 is 20.2 Å². The summed E-state index contributed by atoms with van der Waals surface area (Å²) in [4.78, 5) is 13.6. The van der Waals surface area contributed by atoms with E-state index >= 15 is 0 Å². The summed E-state index contributed by atoms with van der Waals surface area (Å²) in [7, 11) is 0. The number of aliphatic hydroxyl groups excluding tert-OH is 2. The molecule has 0 radical (unpaired) electrons. The average Bonchev–Trinajstić information content (AvgIpc) is 3.01. The Morgan fingerprint density at radius 3 is 2.95 bits per heavy atom. The Balaban J connectivity index is 1.83. The fourth-order valence-corrected chi connectivity index (χ4v) is 2.35. The Morgan fingerprint density at radius 1 is 1.50 bits per heavy atom. The van der Waals surface area contributed by atoms with Crippen molar-refractivity contribution in [2.45, 2.75) is 30.9 Å². The van der Waals surface area contributed by atoms with Gasteiger partial charge in [0.15, 0.2) is 6.04 Å². The van der Waals surface area contributed by atoms with Crippen molar-refractivity contribution in [1.82, 2.24) is 4.90 Å². The van der Waals surface area contributed by atoms with Crippen LogP contribution in [0.1, 0.15) is 6.42 Å². The van der Waals surface area contributed by atoms with Crippen LogP contribution in [-0.4, -0.2) is 75.4 Å². The number of aliphatic imine (C=N–C) groups is 3. The number of oxime groups is 1. The molecule has 20 heavy (non-hydrogen) atoms. The number of nitrogens with zero attached hydrogens (tertiary/aromatic N) is 5. The highest BCUT2D eigenvalue weighted by atomic mass is 16.5. The molecule has 108 valence electrons. The highest BCUT2D eigenvalue weighted by Crippen LogP contribution is 2.26. The molecule has 1 unspecified atom stereocenters. The van der Waals surface area contributed by atoms with Gasteiger partial charge in [0.1, 0.15) is 24.0 Å². The third-order valence-corrected chi connectivity index (χ3v) is 3.36. The number of ether oxygens (including phenoxy) is 1. The van der Waals surface area contributed by atoms with Crippen LogP contribution in [0.5, 0.6) is 0 Å². The average molecular weight is 282 g/mol. The van der Waals surface area contributed by atoms with Gasteiger partial charge in [0, 0.05) is 6.42 Å². The summed E-state index contributed by atoms with van der Waals surface area (Å²) in [5, 5.41) is 30.5. The third-order valence-electron chi connectivity index (χ3n) is 3.36. The topological polar surface area (TPSA) is 149 Å². The lowest BCUT2D eigenvalue weighted by Gasteiger charge is -2.25. The number of hydrogen-bond donors (Lipinski definition) is 4. The van der Waals surface area contributed by atoms with Crippen molar-refractivity contribution >= 4 is 24.0 Å². The Labute approximate surface area is 113 Å². The molecular formula is C10H14N6O4. The minimum Gasteiger partial charge on any atom is -0.408 e. The number of hydrogen-bond acceptors (Lipinski definition) is 8. The molecule has 0 bridgehead atoms. The van der Waals surface area contributed by atoms with Gasteiger partial charge in [0.2, 0.25) is 0 Å². The zero-order valence-electron chi connectivity index (χ0n) is 10.4. The van der Waals surface area contributed by atoms with Crippen LogP contribution < -0.4 is 5.73 Å². The standard InChI is InChI=1S/C10H14N6O4/c11-8-7-9(14-10(13-8)15-19)16(3-12-7)6-1-4(18)5(2-17)20-6/h3-7,17-19H,1-2H2,(H2,11,13,15)/t4-,5+,6+,7?/m0/s1. The van der Waals surface area contributed by atoms with E-state index in [4.69, 9.17) is 20.8 Å². The molecule has 0 amide bonds. The Bertz CT molecular complexity index is 530. The maximum absolute atomic E-state index is 9.76. The SMILES string of the molecule is NC1=N/C(=N\O)N=C2C1N=CN2[C@H]1C[C@H](O)[C@@H](CO)O1. The largest absolute Gasteiger partial charge is 0.408 e. The van der Waals surface area contributed by atoms with Crippen molar-refractivity contribution in [2.75, 3.05) is 6.61 Å². The van der Waals surface area contributed by atoms with Gasteiger partial charge in [-0.1, -0.05) is 0 Å². The Kier molecular flexibility index (Phi) is 3.12. The predicted molar refractivity (Wildman–Crippen MR) is 68.8 cm³/mol. The van der Waals surface area contributed by atoms with Gasteiger partial charge in [-0.2, -0.15) is 9.98 Å². The van der Waals surface area contributed by atoms with Crippen LogP contribution >= 0.6 is 0 Å². The fourth-order valence-electron chi connectivity index (χ4n) is 2.35. The van der Waals surface area contributed by atoms with Gasteiger partial charge in [-0.25, -0.2) is 0 Å². The minimum atomic E-state index is -0.765. The molecule has 0 saturated carbocycles. The molecule has 10 heteroatoms. The van der Waals surface area contributed by atoms with Crippen molar-refractivity contribution in [1.29, 1.82) is 0 Å². The highest BCUT2D eigenvalue weighted by Gasteiger charge is 2.42. The van der Waals surface area contributed by atoms with E-state index < -0.39 is 24.5 Å². The van der Waals surface area contributed by atoms with Gasteiger partial charge in [-0.3, -0.25) is 9.89 Å². The molecule has 3 aliphatic rings. The molecule has 3 heterocycles. The molecular weight excluding hydrogens is 268 g/mol. The third kappa shape index (κ3) is 1.94. The molecule has 1 fully saturated rings. The lowest BCUT2D eigenvalue weighted by atomic mass is 10.1. The van der Waals surface area contributed by atoms with Crippen LogP contribution in [0.2, 0.25) is 0 Å². The quantitative estimate of drug-likeness (QED) is 0.330. The van der Waals surface area contributed by atoms with Crippen molar-refractivity contribution in [2.24, 2.45) is 25.9 Å². The molecule has 0 aliphatic carbocycles. The first-order chi connectivity index (χ1) is 9.63. The molecule has 0 aromatic rings. The maximum atomic E-state index is 9.76. The van der Waals surface area contributed by atoms with E-state index in [1.807, 2.05) is 0 Å². The monoisotopic (exact) mass is 282 g/mol. The van der Waals surface area contributed by atoms with Gasteiger partial charge in [0.05, 0.1) is 19.0 Å². The molecule has 0 aromatic heterocycles. The van der Waals surface area contributed by atoms with Gasteiger partial charge in [0.25, 0.3) is 5.96 Å². The normalized spacial score (nSPS) is 38.1. The van der Waals surface area contributed by atoms with Crippen LogP contribution in [0, 0.1) is 0 Å². The van der Waals surface area contributed by atoms with Crippen LogP contribution in [0.3, 0.4) is 0 Å². The van der Waals surface area contributed by atoms with E-state index in [0.717, 1.165) is 0 Å². The maximum Gasteiger partial charge on any atom is 0.289 e. The first kappa shape index (κ1) is 13.0. The first-order valence-corrected chi connectivity index (χ1v) is 6.04. The minimum absolute atomic E-state index is 0.165. The fraction of sp³-hybridized carbons (Fsp3) is 0.600. The van der Waals surface area contributed by atoms with Crippen molar-refractivity contribution in [3.8, 4) is 0 Å². The molecule has 5 N–H and O–H groups in total. The van der Waals surface area contributed by atoms with Gasteiger partial charge >= 0.3 is 0 Å². The number of amidine groups is 2. The first-order valence-electron chi connectivity index (χ1n) is 6.04. The lowest BCUT2D eigenvalue weighted by molar-refractivity contribution is -0.0432. The second kappa shape index (κ2) is 4.81. The summed E-state index contributed by atoms with van der Waals surface area (Å²) in [6.45, 7) is -0.272. The summed E-state index contributed by atoms with van der Waals surface area (Å²) >= 11 is 0. The summed E-state index contributed by atoms with van der Waals surface area (Å²) in [6.07, 6.45) is -0.137. The van der Waals surface area contributed by atoms with Crippen LogP contribution in [0.25, 0.3) is 0 Å². The Hall–Kier alpha value is -2.04. The van der Waals surface area contributed by atoms with E-state index in [2.05, 4.69) is 20.1 Å². The molecule has 4 atom stereocenters.